The lowest BCUT2D eigenvalue weighted by molar-refractivity contribution is -0.144. The molecule has 1 atom stereocenters. The van der Waals surface area contributed by atoms with Crippen LogP contribution in [0.15, 0.2) is 24.3 Å². The molecular weight excluding hydrogens is 264 g/mol. The van der Waals surface area contributed by atoms with E-state index in [0.29, 0.717) is 12.3 Å². The molecule has 0 spiro atoms. The van der Waals surface area contributed by atoms with Gasteiger partial charge in [-0.3, -0.25) is 4.90 Å². The van der Waals surface area contributed by atoms with Crippen LogP contribution >= 0.6 is 0 Å². The number of urea groups is 1. The maximum atomic E-state index is 12.1. The summed E-state index contributed by atoms with van der Waals surface area (Å²) in [5, 5.41) is 21.1. The van der Waals surface area contributed by atoms with E-state index in [1.54, 1.807) is 12.1 Å². The lowest BCUT2D eigenvalue weighted by atomic mass is 9.99. The highest BCUT2D eigenvalue weighted by Crippen LogP contribution is 2.22. The minimum atomic E-state index is -1.39. The number of carboxylic acid groups (broad SMARTS) is 1. The summed E-state index contributed by atoms with van der Waals surface area (Å²) in [5.74, 6) is -1.09. The molecule has 1 aromatic rings. The number of phenolic OH excluding ortho intramolecular Hbond substituents is 1. The Balaban J connectivity index is 2.13. The molecule has 1 heterocycles. The van der Waals surface area contributed by atoms with Crippen molar-refractivity contribution in [2.45, 2.75) is 12.0 Å². The molecule has 1 fully saturated rings. The standard InChI is InChI=1S/C13H16N2O5/c1-15(9-3-2-4-10(16)7-9)12(19)14-13(11(17)18)5-6-20-8-13/h2-4,7,16H,5-6,8H2,1H3,(H,14,19)(H,17,18). The van der Waals surface area contributed by atoms with Crippen LogP contribution in [0.5, 0.6) is 5.75 Å². The third-order valence-electron chi connectivity index (χ3n) is 3.30. The van der Waals surface area contributed by atoms with Gasteiger partial charge in [-0.15, -0.1) is 0 Å². The lowest BCUT2D eigenvalue weighted by Crippen LogP contribution is -2.58. The van der Waals surface area contributed by atoms with Gasteiger partial charge in [-0.25, -0.2) is 9.59 Å². The Morgan fingerprint density at radius 2 is 2.20 bits per heavy atom. The summed E-state index contributed by atoms with van der Waals surface area (Å²) < 4.78 is 5.07. The minimum absolute atomic E-state index is 0.0271. The van der Waals surface area contributed by atoms with Crippen LogP contribution in [-0.4, -0.2) is 48.0 Å². The zero-order valence-electron chi connectivity index (χ0n) is 11.0. The number of amides is 2. The molecule has 0 bridgehead atoms. The maximum absolute atomic E-state index is 12.1. The minimum Gasteiger partial charge on any atom is -0.508 e. The van der Waals surface area contributed by atoms with Crippen LogP contribution < -0.4 is 10.2 Å². The van der Waals surface area contributed by atoms with Crippen molar-refractivity contribution < 1.29 is 24.5 Å². The van der Waals surface area contributed by atoms with Gasteiger partial charge in [0.25, 0.3) is 0 Å². The number of benzene rings is 1. The summed E-state index contributed by atoms with van der Waals surface area (Å²) in [5.41, 5.74) is -0.927. The van der Waals surface area contributed by atoms with E-state index < -0.39 is 17.5 Å². The molecule has 1 aliphatic rings. The van der Waals surface area contributed by atoms with Gasteiger partial charge in [0.15, 0.2) is 5.54 Å². The number of aromatic hydroxyl groups is 1. The zero-order chi connectivity index (χ0) is 14.8. The first-order valence-electron chi connectivity index (χ1n) is 6.11. The van der Waals surface area contributed by atoms with Crippen LogP contribution in [0.4, 0.5) is 10.5 Å². The molecular formula is C13H16N2O5. The number of phenols is 1. The number of carbonyl (C=O) groups excluding carboxylic acids is 1. The van der Waals surface area contributed by atoms with Crippen LogP contribution in [0.2, 0.25) is 0 Å². The molecule has 1 aliphatic heterocycles. The Morgan fingerprint density at radius 1 is 1.45 bits per heavy atom. The monoisotopic (exact) mass is 280 g/mol. The van der Waals surface area contributed by atoms with Gasteiger partial charge in [0, 0.05) is 31.8 Å². The first kappa shape index (κ1) is 14.1. The third-order valence-corrected chi connectivity index (χ3v) is 3.30. The highest BCUT2D eigenvalue weighted by Gasteiger charge is 2.44. The SMILES string of the molecule is CN(C(=O)NC1(C(=O)O)CCOC1)c1cccc(O)c1. The highest BCUT2D eigenvalue weighted by molar-refractivity contribution is 5.95. The topological polar surface area (TPSA) is 99.1 Å². The Labute approximate surface area is 115 Å². The number of hydrogen-bond donors (Lipinski definition) is 3. The summed E-state index contributed by atoms with van der Waals surface area (Å²) >= 11 is 0. The Bertz CT molecular complexity index is 525. The van der Waals surface area contributed by atoms with Gasteiger partial charge < -0.3 is 20.3 Å². The van der Waals surface area contributed by atoms with E-state index >= 15 is 0 Å². The van der Waals surface area contributed by atoms with Gasteiger partial charge in [-0.05, 0) is 12.1 Å². The predicted octanol–water partition coefficient (Wildman–Crippen LogP) is 0.782. The molecule has 7 heteroatoms. The van der Waals surface area contributed by atoms with Crippen molar-refractivity contribution in [3.63, 3.8) is 0 Å². The average Bonchev–Trinajstić information content (AvgIpc) is 2.87. The first-order chi connectivity index (χ1) is 9.44. The number of rotatable bonds is 3. The Morgan fingerprint density at radius 3 is 2.75 bits per heavy atom. The summed E-state index contributed by atoms with van der Waals surface area (Å²) in [6.07, 6.45) is 0.224. The van der Waals surface area contributed by atoms with E-state index in [-0.39, 0.29) is 18.8 Å². The summed E-state index contributed by atoms with van der Waals surface area (Å²) in [7, 11) is 1.50. The molecule has 108 valence electrons. The number of anilines is 1. The van der Waals surface area contributed by atoms with E-state index in [2.05, 4.69) is 5.32 Å². The Kier molecular flexibility index (Phi) is 3.80. The van der Waals surface area contributed by atoms with Crippen LogP contribution in [0.3, 0.4) is 0 Å². The number of ether oxygens (including phenoxy) is 1. The molecule has 0 saturated carbocycles. The van der Waals surface area contributed by atoms with Gasteiger partial charge >= 0.3 is 12.0 Å². The quantitative estimate of drug-likeness (QED) is 0.760. The van der Waals surface area contributed by atoms with Crippen molar-refractivity contribution in [2.24, 2.45) is 0 Å². The molecule has 20 heavy (non-hydrogen) atoms. The molecule has 1 saturated heterocycles. The van der Waals surface area contributed by atoms with E-state index in [0.717, 1.165) is 0 Å². The zero-order valence-corrected chi connectivity index (χ0v) is 11.0. The Hall–Kier alpha value is -2.28. The van der Waals surface area contributed by atoms with Crippen molar-refractivity contribution in [2.75, 3.05) is 25.2 Å². The van der Waals surface area contributed by atoms with Gasteiger partial charge in [0.05, 0.1) is 6.61 Å². The fourth-order valence-electron chi connectivity index (χ4n) is 1.99. The van der Waals surface area contributed by atoms with E-state index in [9.17, 15) is 19.8 Å². The van der Waals surface area contributed by atoms with Crippen LogP contribution in [0, 0.1) is 0 Å². The second-order valence-electron chi connectivity index (χ2n) is 4.70. The van der Waals surface area contributed by atoms with Crippen molar-refractivity contribution in [1.29, 1.82) is 0 Å². The van der Waals surface area contributed by atoms with E-state index in [1.807, 2.05) is 0 Å². The number of carboxylic acids is 1. The average molecular weight is 280 g/mol. The van der Waals surface area contributed by atoms with Crippen LogP contribution in [0.1, 0.15) is 6.42 Å². The molecule has 0 radical (unpaired) electrons. The highest BCUT2D eigenvalue weighted by atomic mass is 16.5. The molecule has 2 rings (SSSR count). The predicted molar refractivity (Wildman–Crippen MR) is 70.8 cm³/mol. The molecule has 7 nitrogen and oxygen atoms in total. The normalized spacial score (nSPS) is 21.4. The number of aliphatic carboxylic acids is 1. The van der Waals surface area contributed by atoms with Crippen molar-refractivity contribution in [3.8, 4) is 5.75 Å². The summed E-state index contributed by atoms with van der Waals surface area (Å²) in [6.45, 7) is 0.240. The molecule has 2 amide bonds. The number of hydrogen-bond acceptors (Lipinski definition) is 4. The third kappa shape index (κ3) is 2.67. The number of nitrogens with one attached hydrogen (secondary N) is 1. The molecule has 0 aliphatic carbocycles. The second kappa shape index (κ2) is 5.38. The van der Waals surface area contributed by atoms with Gasteiger partial charge in [-0.1, -0.05) is 6.07 Å². The molecule has 3 N–H and O–H groups in total. The molecule has 0 aromatic heterocycles. The largest absolute Gasteiger partial charge is 0.508 e. The first-order valence-corrected chi connectivity index (χ1v) is 6.11. The maximum Gasteiger partial charge on any atom is 0.332 e. The molecule has 1 unspecified atom stereocenters. The number of nitrogens with zero attached hydrogens (tertiary/aromatic N) is 1. The van der Waals surface area contributed by atoms with E-state index in [1.165, 1.54) is 24.1 Å². The van der Waals surface area contributed by atoms with E-state index in [4.69, 9.17) is 4.74 Å². The smallest absolute Gasteiger partial charge is 0.332 e. The fraction of sp³-hybridized carbons (Fsp3) is 0.385. The van der Waals surface area contributed by atoms with Crippen molar-refractivity contribution in [3.05, 3.63) is 24.3 Å². The number of carbonyl (C=O) groups is 2. The van der Waals surface area contributed by atoms with Gasteiger partial charge in [-0.2, -0.15) is 0 Å². The van der Waals surface area contributed by atoms with Crippen LogP contribution in [-0.2, 0) is 9.53 Å². The van der Waals surface area contributed by atoms with Crippen molar-refractivity contribution in [1.82, 2.24) is 5.32 Å². The van der Waals surface area contributed by atoms with Crippen molar-refractivity contribution >= 4 is 17.7 Å². The second-order valence-corrected chi connectivity index (χ2v) is 4.70. The molecule has 1 aromatic carbocycles. The summed E-state index contributed by atoms with van der Waals surface area (Å²) in [6, 6.07) is 5.57. The lowest BCUT2D eigenvalue weighted by Gasteiger charge is -2.27. The van der Waals surface area contributed by atoms with Crippen LogP contribution in [0.25, 0.3) is 0 Å². The summed E-state index contributed by atoms with van der Waals surface area (Å²) in [4.78, 5) is 24.7. The van der Waals surface area contributed by atoms with Gasteiger partial charge in [0.2, 0.25) is 0 Å². The fourth-order valence-corrected chi connectivity index (χ4v) is 1.99. The van der Waals surface area contributed by atoms with Gasteiger partial charge in [0.1, 0.15) is 5.75 Å².